The molecule has 0 spiro atoms. The molecule has 176 valence electrons. The molecule has 2 unspecified atom stereocenters. The van der Waals surface area contributed by atoms with Crippen LogP contribution in [-0.2, 0) is 4.79 Å². The molecule has 7 nitrogen and oxygen atoms in total. The van der Waals surface area contributed by atoms with Crippen molar-refractivity contribution in [2.45, 2.75) is 43.8 Å². The van der Waals surface area contributed by atoms with Crippen LogP contribution in [0.3, 0.4) is 0 Å². The molecule has 3 aliphatic rings. The molecule has 1 N–H and O–H groups in total. The van der Waals surface area contributed by atoms with Crippen LogP contribution in [0.4, 0.5) is 13.2 Å². The highest BCUT2D eigenvalue weighted by Crippen LogP contribution is 2.43. The summed E-state index contributed by atoms with van der Waals surface area (Å²) < 4.78 is 41.2. The first-order valence-corrected chi connectivity index (χ1v) is 10.9. The van der Waals surface area contributed by atoms with Crippen LogP contribution >= 0.6 is 0 Å². The summed E-state index contributed by atoms with van der Waals surface area (Å²) in [6, 6.07) is 4.56. The Hall–Kier alpha value is -3.69. The molecule has 2 aromatic carbocycles. The summed E-state index contributed by atoms with van der Waals surface area (Å²) in [5.41, 5.74) is -0.310. The van der Waals surface area contributed by atoms with E-state index in [4.69, 9.17) is 0 Å². The van der Waals surface area contributed by atoms with Crippen molar-refractivity contribution in [2.24, 2.45) is 5.92 Å². The second-order valence-corrected chi connectivity index (χ2v) is 8.88. The number of imide groups is 1. The van der Waals surface area contributed by atoms with Gasteiger partial charge in [-0.25, -0.2) is 18.0 Å². The van der Waals surface area contributed by atoms with Gasteiger partial charge in [0, 0.05) is 18.2 Å². The van der Waals surface area contributed by atoms with Crippen molar-refractivity contribution in [3.8, 4) is 0 Å². The summed E-state index contributed by atoms with van der Waals surface area (Å²) >= 11 is 0. The Morgan fingerprint density at radius 1 is 0.882 bits per heavy atom. The number of carboxylic acid groups (broad SMARTS) is 1. The second kappa shape index (κ2) is 7.96. The lowest BCUT2D eigenvalue weighted by Crippen LogP contribution is -2.55. The van der Waals surface area contributed by atoms with Crippen molar-refractivity contribution in [2.75, 3.05) is 0 Å². The van der Waals surface area contributed by atoms with Gasteiger partial charge in [-0.05, 0) is 49.8 Å². The number of nitrogens with zero attached hydrogens (tertiary/aromatic N) is 2. The van der Waals surface area contributed by atoms with E-state index in [2.05, 4.69) is 0 Å². The molecule has 2 saturated heterocycles. The molecule has 3 aliphatic heterocycles. The van der Waals surface area contributed by atoms with Crippen LogP contribution in [0.15, 0.2) is 36.4 Å². The van der Waals surface area contributed by atoms with E-state index in [0.29, 0.717) is 25.0 Å². The van der Waals surface area contributed by atoms with Gasteiger partial charge in [0.05, 0.1) is 16.7 Å². The topological polar surface area (TPSA) is 95.0 Å². The first-order valence-electron chi connectivity index (χ1n) is 10.9. The van der Waals surface area contributed by atoms with Gasteiger partial charge in [-0.15, -0.1) is 0 Å². The van der Waals surface area contributed by atoms with Crippen LogP contribution in [0.5, 0.6) is 0 Å². The van der Waals surface area contributed by atoms with Crippen LogP contribution in [0, 0.1) is 23.4 Å². The van der Waals surface area contributed by atoms with Gasteiger partial charge in [-0.1, -0.05) is 12.1 Å². The number of halogens is 3. The number of benzene rings is 2. The Morgan fingerprint density at radius 2 is 1.41 bits per heavy atom. The summed E-state index contributed by atoms with van der Waals surface area (Å²) in [6.07, 6.45) is 1.34. The van der Waals surface area contributed by atoms with Gasteiger partial charge >= 0.3 is 5.97 Å². The minimum Gasteiger partial charge on any atom is -0.480 e. The van der Waals surface area contributed by atoms with Gasteiger partial charge in [0.1, 0.15) is 11.9 Å². The number of hydrogen-bond acceptors (Lipinski definition) is 4. The first kappa shape index (κ1) is 22.1. The third-order valence-electron chi connectivity index (χ3n) is 7.05. The Balaban J connectivity index is 1.41. The fraction of sp³-hybridized carbons (Fsp3) is 0.333. The molecule has 2 fully saturated rings. The largest absolute Gasteiger partial charge is 0.480 e. The zero-order chi connectivity index (χ0) is 24.3. The summed E-state index contributed by atoms with van der Waals surface area (Å²) in [5, 5.41) is 9.99. The minimum atomic E-state index is -1.42. The zero-order valence-corrected chi connectivity index (χ0v) is 17.7. The normalized spacial score (nSPS) is 24.4. The lowest BCUT2D eigenvalue weighted by molar-refractivity contribution is -0.144. The first-order chi connectivity index (χ1) is 16.2. The van der Waals surface area contributed by atoms with Crippen molar-refractivity contribution in [3.05, 3.63) is 70.5 Å². The monoisotopic (exact) mass is 472 g/mol. The van der Waals surface area contributed by atoms with Gasteiger partial charge in [0.25, 0.3) is 17.7 Å². The molecule has 2 aromatic rings. The molecule has 5 rings (SSSR count). The third kappa shape index (κ3) is 3.27. The van der Waals surface area contributed by atoms with Gasteiger partial charge in [-0.3, -0.25) is 19.3 Å². The van der Waals surface area contributed by atoms with E-state index in [9.17, 15) is 37.5 Å². The smallest absolute Gasteiger partial charge is 0.327 e. The predicted octanol–water partition coefficient (Wildman–Crippen LogP) is 3.24. The maximum Gasteiger partial charge on any atom is 0.327 e. The number of carbonyl (C=O) groups excluding carboxylic acids is 3. The number of rotatable bonds is 4. The fourth-order valence-corrected chi connectivity index (χ4v) is 5.62. The molecule has 3 heterocycles. The van der Waals surface area contributed by atoms with Crippen LogP contribution in [0.1, 0.15) is 56.8 Å². The van der Waals surface area contributed by atoms with Crippen molar-refractivity contribution in [1.29, 1.82) is 0 Å². The lowest BCUT2D eigenvalue weighted by Gasteiger charge is -2.42. The Labute approximate surface area is 191 Å². The van der Waals surface area contributed by atoms with E-state index >= 15 is 0 Å². The van der Waals surface area contributed by atoms with E-state index in [1.807, 2.05) is 0 Å². The summed E-state index contributed by atoms with van der Waals surface area (Å²) in [7, 11) is 0. The average molecular weight is 472 g/mol. The summed E-state index contributed by atoms with van der Waals surface area (Å²) in [6.45, 7) is 0. The van der Waals surface area contributed by atoms with Crippen molar-refractivity contribution in [3.63, 3.8) is 0 Å². The molecule has 3 amide bonds. The van der Waals surface area contributed by atoms with Gasteiger partial charge in [0.2, 0.25) is 0 Å². The molecule has 3 atom stereocenters. The van der Waals surface area contributed by atoms with E-state index in [-0.39, 0.29) is 24.0 Å². The van der Waals surface area contributed by atoms with Gasteiger partial charge < -0.3 is 10.0 Å². The van der Waals surface area contributed by atoms with Crippen LogP contribution < -0.4 is 0 Å². The maximum absolute atomic E-state index is 14.2. The van der Waals surface area contributed by atoms with Crippen molar-refractivity contribution < 1.29 is 37.5 Å². The average Bonchev–Trinajstić information content (AvgIpc) is 3.21. The molecule has 10 heteroatoms. The van der Waals surface area contributed by atoms with Crippen LogP contribution in [0.25, 0.3) is 0 Å². The molecule has 0 saturated carbocycles. The van der Waals surface area contributed by atoms with Crippen molar-refractivity contribution >= 4 is 23.7 Å². The van der Waals surface area contributed by atoms with Gasteiger partial charge in [-0.2, -0.15) is 0 Å². The highest BCUT2D eigenvalue weighted by Gasteiger charge is 2.52. The number of piperidine rings is 1. The summed E-state index contributed by atoms with van der Waals surface area (Å²) in [5.74, 6) is -8.04. The second-order valence-electron chi connectivity index (χ2n) is 8.88. The minimum absolute atomic E-state index is 0.142. The summed E-state index contributed by atoms with van der Waals surface area (Å²) in [4.78, 5) is 53.3. The lowest BCUT2D eigenvalue weighted by atomic mass is 9.83. The van der Waals surface area contributed by atoms with Crippen LogP contribution in [0.2, 0.25) is 0 Å². The molecule has 0 radical (unpaired) electrons. The Bertz CT molecular complexity index is 1200. The highest BCUT2D eigenvalue weighted by molar-refractivity contribution is 6.22. The zero-order valence-electron chi connectivity index (χ0n) is 17.7. The molecular weight excluding hydrogens is 453 g/mol. The van der Waals surface area contributed by atoms with Gasteiger partial charge in [0.15, 0.2) is 11.6 Å². The number of aliphatic carboxylic acids is 1. The standard InChI is InChI=1S/C24H19F3N2O5/c25-17-10-19(27)18(26)9-16(17)23(32)28-12-5-6-13(28)8-11(7-12)20(24(33)34)29-21(30)14-3-1-2-4-15(14)22(29)31/h1-4,9-13,20H,5-8H2,(H,33,34)/t11?,12?,13?,20-/m0/s1. The quantitative estimate of drug-likeness (QED) is 0.545. The Kier molecular flexibility index (Phi) is 5.18. The number of amides is 3. The number of carboxylic acids is 1. The van der Waals surface area contributed by atoms with E-state index in [1.54, 1.807) is 12.1 Å². The number of carbonyl (C=O) groups is 4. The molecule has 0 aromatic heterocycles. The molecule has 34 heavy (non-hydrogen) atoms. The highest BCUT2D eigenvalue weighted by atomic mass is 19.2. The predicted molar refractivity (Wildman–Crippen MR) is 110 cm³/mol. The third-order valence-corrected chi connectivity index (χ3v) is 7.05. The maximum atomic E-state index is 14.2. The Morgan fingerprint density at radius 3 is 1.94 bits per heavy atom. The number of fused-ring (bicyclic) bond motifs is 3. The fourth-order valence-electron chi connectivity index (χ4n) is 5.62. The van der Waals surface area contributed by atoms with E-state index in [1.165, 1.54) is 17.0 Å². The SMILES string of the molecule is O=C(O)[C@H](C1CC2CCC(C1)N2C(=O)c1cc(F)c(F)cc1F)N1C(=O)c2ccccc2C1=O. The molecule has 2 bridgehead atoms. The molecule has 0 aliphatic carbocycles. The molecular formula is C24H19F3N2O5. The van der Waals surface area contributed by atoms with E-state index < -0.39 is 70.7 Å². The van der Waals surface area contributed by atoms with E-state index in [0.717, 1.165) is 4.90 Å². The van der Waals surface area contributed by atoms with Crippen molar-refractivity contribution in [1.82, 2.24) is 9.80 Å². The van der Waals surface area contributed by atoms with Crippen LogP contribution in [-0.4, -0.2) is 56.7 Å². The number of hydrogen-bond donors (Lipinski definition) is 1.